The second-order valence-electron chi connectivity index (χ2n) is 3.57. The van der Waals surface area contributed by atoms with E-state index in [0.717, 1.165) is 17.8 Å². The molecule has 0 saturated heterocycles. The van der Waals surface area contributed by atoms with Crippen molar-refractivity contribution in [1.29, 1.82) is 0 Å². The van der Waals surface area contributed by atoms with E-state index >= 15 is 0 Å². The maximum absolute atomic E-state index is 12.8. The van der Waals surface area contributed by atoms with Crippen LogP contribution in [0.4, 0.5) is 13.2 Å². The van der Waals surface area contributed by atoms with Crippen LogP contribution in [-0.4, -0.2) is 15.7 Å². The minimum absolute atomic E-state index is 0.0815. The number of thioether (sulfide) groups is 1. The largest absolute Gasteiger partial charge is 0.433 e. The Kier molecular flexibility index (Phi) is 5.06. The molecule has 0 amide bonds. The lowest BCUT2D eigenvalue weighted by Crippen LogP contribution is -2.10. The third-order valence-corrected chi connectivity index (χ3v) is 4.04. The molecular formula is C12H8ClF3N2S2. The van der Waals surface area contributed by atoms with Crippen molar-refractivity contribution in [2.75, 3.05) is 5.75 Å². The highest BCUT2D eigenvalue weighted by atomic mass is 35.5. The molecule has 2 heterocycles. The predicted octanol–water partition coefficient (Wildman–Crippen LogP) is 5.07. The van der Waals surface area contributed by atoms with Crippen molar-refractivity contribution in [1.82, 2.24) is 9.97 Å². The maximum atomic E-state index is 12.8. The molecule has 0 saturated carbocycles. The van der Waals surface area contributed by atoms with Crippen LogP contribution in [0.5, 0.6) is 0 Å². The van der Waals surface area contributed by atoms with Gasteiger partial charge in [-0.2, -0.15) is 13.2 Å². The van der Waals surface area contributed by atoms with Gasteiger partial charge in [-0.15, -0.1) is 11.3 Å². The highest BCUT2D eigenvalue weighted by Crippen LogP contribution is 2.33. The Labute approximate surface area is 126 Å². The van der Waals surface area contributed by atoms with E-state index in [4.69, 9.17) is 11.6 Å². The van der Waals surface area contributed by atoms with Gasteiger partial charge < -0.3 is 0 Å². The fourth-order valence-electron chi connectivity index (χ4n) is 1.34. The van der Waals surface area contributed by atoms with Gasteiger partial charge in [-0.1, -0.05) is 35.5 Å². The lowest BCUT2D eigenvalue weighted by Gasteiger charge is -2.09. The Morgan fingerprint density at radius 1 is 1.35 bits per heavy atom. The Bertz CT molecular complexity index is 597. The molecule has 8 heteroatoms. The lowest BCUT2D eigenvalue weighted by molar-refractivity contribution is -0.141. The van der Waals surface area contributed by atoms with Crippen molar-refractivity contribution in [2.45, 2.75) is 11.3 Å². The maximum Gasteiger partial charge on any atom is 0.433 e. The van der Waals surface area contributed by atoms with Gasteiger partial charge in [0, 0.05) is 11.3 Å². The number of hydrogen-bond acceptors (Lipinski definition) is 4. The van der Waals surface area contributed by atoms with Crippen LogP contribution in [0, 0.1) is 0 Å². The number of nitrogens with zero attached hydrogens (tertiary/aromatic N) is 2. The van der Waals surface area contributed by atoms with Gasteiger partial charge in [0.1, 0.15) is 5.69 Å². The standard InChI is InChI=1S/C12H8ClF3N2S2/c13-4-2-6-20-11-17-8(9-3-1-5-19-9)7-10(18-11)12(14,15)16/h1-5,7H,6H2. The first-order valence-electron chi connectivity index (χ1n) is 5.39. The van der Waals surface area contributed by atoms with Gasteiger partial charge in [0.05, 0.1) is 10.6 Å². The van der Waals surface area contributed by atoms with Crippen LogP contribution in [0.15, 0.2) is 40.3 Å². The topological polar surface area (TPSA) is 25.8 Å². The summed E-state index contributed by atoms with van der Waals surface area (Å²) in [6.45, 7) is 0. The van der Waals surface area contributed by atoms with Gasteiger partial charge in [-0.25, -0.2) is 9.97 Å². The minimum Gasteiger partial charge on any atom is -0.222 e. The van der Waals surface area contributed by atoms with Gasteiger partial charge in [0.2, 0.25) is 0 Å². The summed E-state index contributed by atoms with van der Waals surface area (Å²) in [6, 6.07) is 4.45. The number of rotatable bonds is 4. The summed E-state index contributed by atoms with van der Waals surface area (Å²) in [4.78, 5) is 8.36. The Morgan fingerprint density at radius 3 is 2.75 bits per heavy atom. The summed E-state index contributed by atoms with van der Waals surface area (Å²) < 4.78 is 38.5. The predicted molar refractivity (Wildman–Crippen MR) is 76.1 cm³/mol. The molecule has 0 aliphatic rings. The molecule has 0 N–H and O–H groups in total. The second kappa shape index (κ2) is 6.60. The molecule has 0 unspecified atom stereocenters. The molecule has 2 aromatic rings. The van der Waals surface area contributed by atoms with Crippen LogP contribution < -0.4 is 0 Å². The molecule has 0 aliphatic heterocycles. The zero-order chi connectivity index (χ0) is 14.6. The second-order valence-corrected chi connectivity index (χ2v) is 5.76. The van der Waals surface area contributed by atoms with Crippen LogP contribution in [0.3, 0.4) is 0 Å². The SMILES string of the molecule is FC(F)(F)c1cc(-c2cccs2)nc(SCC=CCl)n1. The average Bonchev–Trinajstić information content (AvgIpc) is 2.91. The molecule has 0 aliphatic carbocycles. The van der Waals surface area contributed by atoms with Crippen LogP contribution >= 0.6 is 34.7 Å². The van der Waals surface area contributed by atoms with E-state index in [-0.39, 0.29) is 10.9 Å². The Hall–Kier alpha value is -1.05. The molecule has 106 valence electrons. The van der Waals surface area contributed by atoms with E-state index in [0.29, 0.717) is 10.6 Å². The summed E-state index contributed by atoms with van der Waals surface area (Å²) in [7, 11) is 0. The smallest absolute Gasteiger partial charge is 0.222 e. The first kappa shape index (κ1) is 15.3. The highest BCUT2D eigenvalue weighted by Gasteiger charge is 2.33. The molecule has 2 aromatic heterocycles. The monoisotopic (exact) mass is 336 g/mol. The number of hydrogen-bond donors (Lipinski definition) is 0. The summed E-state index contributed by atoms with van der Waals surface area (Å²) in [6.07, 6.45) is -2.88. The quantitative estimate of drug-likeness (QED) is 0.576. The highest BCUT2D eigenvalue weighted by molar-refractivity contribution is 7.99. The third-order valence-electron chi connectivity index (χ3n) is 2.17. The van der Waals surface area contributed by atoms with Crippen molar-refractivity contribution in [3.8, 4) is 10.6 Å². The number of alkyl halides is 3. The van der Waals surface area contributed by atoms with Gasteiger partial charge in [0.25, 0.3) is 0 Å². The number of aromatic nitrogens is 2. The molecular weight excluding hydrogens is 329 g/mol. The van der Waals surface area contributed by atoms with E-state index < -0.39 is 11.9 Å². The fourth-order valence-corrected chi connectivity index (χ4v) is 2.89. The van der Waals surface area contributed by atoms with E-state index in [1.54, 1.807) is 23.6 Å². The molecule has 0 aromatic carbocycles. The summed E-state index contributed by atoms with van der Waals surface area (Å²) in [5.41, 5.74) is 0.647. The van der Waals surface area contributed by atoms with Gasteiger partial charge in [0.15, 0.2) is 5.16 Å². The number of halogens is 4. The molecule has 0 spiro atoms. The van der Waals surface area contributed by atoms with Gasteiger partial charge >= 0.3 is 6.18 Å². The van der Waals surface area contributed by atoms with Gasteiger partial charge in [-0.05, 0) is 17.5 Å². The molecule has 0 fully saturated rings. The lowest BCUT2D eigenvalue weighted by atomic mass is 10.3. The van der Waals surface area contributed by atoms with Gasteiger partial charge in [-0.3, -0.25) is 0 Å². The van der Waals surface area contributed by atoms with Crippen molar-refractivity contribution in [2.24, 2.45) is 0 Å². The molecule has 20 heavy (non-hydrogen) atoms. The zero-order valence-corrected chi connectivity index (χ0v) is 12.3. The molecule has 0 bridgehead atoms. The van der Waals surface area contributed by atoms with Crippen molar-refractivity contribution >= 4 is 34.7 Å². The molecule has 0 atom stereocenters. The first-order chi connectivity index (χ1) is 9.50. The molecule has 2 nitrogen and oxygen atoms in total. The van der Waals surface area contributed by atoms with Crippen molar-refractivity contribution < 1.29 is 13.2 Å². The normalized spacial score (nSPS) is 12.2. The molecule has 2 rings (SSSR count). The van der Waals surface area contributed by atoms with Crippen molar-refractivity contribution in [3.63, 3.8) is 0 Å². The van der Waals surface area contributed by atoms with Crippen molar-refractivity contribution in [3.05, 3.63) is 40.9 Å². The zero-order valence-electron chi connectivity index (χ0n) is 9.89. The van der Waals surface area contributed by atoms with Crippen LogP contribution in [-0.2, 0) is 6.18 Å². The Morgan fingerprint density at radius 2 is 2.15 bits per heavy atom. The minimum atomic E-state index is -4.49. The molecule has 0 radical (unpaired) electrons. The Balaban J connectivity index is 2.39. The van der Waals surface area contributed by atoms with Crippen LogP contribution in [0.2, 0.25) is 0 Å². The first-order valence-corrected chi connectivity index (χ1v) is 7.69. The number of thiophene rings is 1. The van der Waals surface area contributed by atoms with E-state index in [1.807, 2.05) is 0 Å². The van der Waals surface area contributed by atoms with E-state index in [1.165, 1.54) is 16.9 Å². The summed E-state index contributed by atoms with van der Waals surface area (Å²) in [5, 5.41) is 1.87. The third kappa shape index (κ3) is 3.97. The van der Waals surface area contributed by atoms with E-state index in [2.05, 4.69) is 9.97 Å². The van der Waals surface area contributed by atoms with E-state index in [9.17, 15) is 13.2 Å². The summed E-state index contributed by atoms with van der Waals surface area (Å²) >= 11 is 7.80. The fraction of sp³-hybridized carbons (Fsp3) is 0.167. The average molecular weight is 337 g/mol. The summed E-state index contributed by atoms with van der Waals surface area (Å²) in [5.74, 6) is 0.411. The van der Waals surface area contributed by atoms with Crippen LogP contribution in [0.1, 0.15) is 5.69 Å². The van der Waals surface area contributed by atoms with Crippen LogP contribution in [0.25, 0.3) is 10.6 Å².